The molecule has 2 aromatic carbocycles. The lowest BCUT2D eigenvalue weighted by atomic mass is 9.77. The van der Waals surface area contributed by atoms with Gasteiger partial charge in [-0.05, 0) is 61.4 Å². The fourth-order valence-electron chi connectivity index (χ4n) is 5.13. The maximum absolute atomic E-state index is 12.2. The third-order valence-corrected chi connectivity index (χ3v) is 7.11. The molecule has 5 rings (SSSR count). The van der Waals surface area contributed by atoms with E-state index >= 15 is 0 Å². The number of benzene rings is 2. The highest BCUT2D eigenvalue weighted by Crippen LogP contribution is 2.56. The second-order valence-corrected chi connectivity index (χ2v) is 9.34. The molecule has 2 aromatic rings. The predicted molar refractivity (Wildman–Crippen MR) is 134 cm³/mol. The van der Waals surface area contributed by atoms with E-state index in [9.17, 15) is 9.59 Å². The Morgan fingerprint density at radius 3 is 2.43 bits per heavy atom. The zero-order chi connectivity index (χ0) is 24.6. The van der Waals surface area contributed by atoms with Crippen LogP contribution in [0.1, 0.15) is 12.8 Å². The molecule has 0 aromatic heterocycles. The molecular weight excluding hydrogens is 446 g/mol. The fraction of sp³-hybridized carbons (Fsp3) is 0.385. The first-order valence-electron chi connectivity index (χ1n) is 11.7. The van der Waals surface area contributed by atoms with Gasteiger partial charge in [-0.3, -0.25) is 20.0 Å². The summed E-state index contributed by atoms with van der Waals surface area (Å²) in [4.78, 5) is 33.1. The molecule has 2 saturated heterocycles. The van der Waals surface area contributed by atoms with Gasteiger partial charge in [0.1, 0.15) is 18.1 Å². The summed E-state index contributed by atoms with van der Waals surface area (Å²) in [6.45, 7) is 2.37. The molecule has 1 aliphatic carbocycles. The van der Waals surface area contributed by atoms with Crippen LogP contribution >= 0.6 is 0 Å². The summed E-state index contributed by atoms with van der Waals surface area (Å²) in [7, 11) is 1.61. The third-order valence-electron chi connectivity index (χ3n) is 7.11. The van der Waals surface area contributed by atoms with Gasteiger partial charge in [-0.25, -0.2) is 0 Å². The van der Waals surface area contributed by atoms with Gasteiger partial charge in [0.05, 0.1) is 31.9 Å². The second kappa shape index (κ2) is 9.14. The first-order chi connectivity index (χ1) is 16.9. The zero-order valence-corrected chi connectivity index (χ0v) is 19.7. The van der Waals surface area contributed by atoms with E-state index in [1.165, 1.54) is 0 Å². The van der Waals surface area contributed by atoms with Crippen molar-refractivity contribution < 1.29 is 19.1 Å². The number of aliphatic imine (C=N–C) groups is 1. The summed E-state index contributed by atoms with van der Waals surface area (Å²) in [6.07, 6.45) is 1.82. The van der Waals surface area contributed by atoms with Gasteiger partial charge in [-0.1, -0.05) is 0 Å². The van der Waals surface area contributed by atoms with Crippen LogP contribution in [0, 0.1) is 16.7 Å². The first-order valence-corrected chi connectivity index (χ1v) is 11.7. The van der Waals surface area contributed by atoms with E-state index in [2.05, 4.69) is 4.90 Å². The maximum atomic E-state index is 12.2. The van der Waals surface area contributed by atoms with Gasteiger partial charge in [-0.2, -0.15) is 0 Å². The summed E-state index contributed by atoms with van der Waals surface area (Å²) in [5, 5.41) is 8.48. The quantitative estimate of drug-likeness (QED) is 0.622. The number of piperidine rings is 1. The summed E-state index contributed by atoms with van der Waals surface area (Å²) >= 11 is 0. The van der Waals surface area contributed by atoms with Crippen molar-refractivity contribution in [3.63, 3.8) is 0 Å². The van der Waals surface area contributed by atoms with Crippen LogP contribution in [-0.4, -0.2) is 63.2 Å². The Kier molecular flexibility index (Phi) is 6.02. The number of nitrogens with one attached hydrogen (secondary N) is 1. The van der Waals surface area contributed by atoms with Crippen molar-refractivity contribution in [3.05, 3.63) is 48.5 Å². The molecule has 1 atom stereocenters. The van der Waals surface area contributed by atoms with Crippen molar-refractivity contribution in [1.82, 2.24) is 0 Å². The molecule has 0 radical (unpaired) electrons. The van der Waals surface area contributed by atoms with E-state index in [4.69, 9.17) is 25.6 Å². The number of nitrogens with zero attached hydrogens (tertiary/aromatic N) is 3. The molecule has 182 valence electrons. The van der Waals surface area contributed by atoms with Crippen molar-refractivity contribution in [3.8, 4) is 5.75 Å². The van der Waals surface area contributed by atoms with Crippen LogP contribution in [0.15, 0.2) is 53.5 Å². The Balaban J connectivity index is 1.45. The van der Waals surface area contributed by atoms with Gasteiger partial charge < -0.3 is 25.0 Å². The number of hydrogen-bond donors (Lipinski definition) is 2. The van der Waals surface area contributed by atoms with Gasteiger partial charge in [0.2, 0.25) is 0 Å². The molecule has 3 fully saturated rings. The number of methoxy groups -OCH3 is 1. The van der Waals surface area contributed by atoms with Crippen LogP contribution < -0.4 is 20.3 Å². The predicted octanol–water partition coefficient (Wildman–Crippen LogP) is 2.55. The molecule has 1 saturated carbocycles. The SMILES string of the molecule is COc1ccc(N=C2CN(c3ccc(N4CCOCC4=O)cc3)CC3(CC3)C2C(=N)C(N)=O)cc1. The van der Waals surface area contributed by atoms with Gasteiger partial charge in [0.25, 0.3) is 11.8 Å². The number of rotatable bonds is 6. The van der Waals surface area contributed by atoms with Crippen molar-refractivity contribution >= 4 is 40.3 Å². The van der Waals surface area contributed by atoms with E-state index in [-0.39, 0.29) is 23.6 Å². The van der Waals surface area contributed by atoms with Crippen LogP contribution in [-0.2, 0) is 14.3 Å². The Labute approximate surface area is 204 Å². The van der Waals surface area contributed by atoms with Crippen LogP contribution in [0.25, 0.3) is 0 Å². The summed E-state index contributed by atoms with van der Waals surface area (Å²) in [5.41, 5.74) is 8.61. The highest BCUT2D eigenvalue weighted by atomic mass is 16.5. The van der Waals surface area contributed by atoms with Crippen molar-refractivity contribution in [2.24, 2.45) is 22.1 Å². The van der Waals surface area contributed by atoms with Crippen LogP contribution in [0.5, 0.6) is 5.75 Å². The molecule has 3 N–H and O–H groups in total. The number of amides is 2. The largest absolute Gasteiger partial charge is 0.497 e. The second-order valence-electron chi connectivity index (χ2n) is 9.34. The number of primary amides is 1. The van der Waals surface area contributed by atoms with E-state index < -0.39 is 11.8 Å². The number of anilines is 2. The lowest BCUT2D eigenvalue weighted by Crippen LogP contribution is -2.53. The lowest BCUT2D eigenvalue weighted by Gasteiger charge is -2.41. The summed E-state index contributed by atoms with van der Waals surface area (Å²) in [6, 6.07) is 15.3. The maximum Gasteiger partial charge on any atom is 0.263 e. The lowest BCUT2D eigenvalue weighted by molar-refractivity contribution is -0.125. The molecule has 1 spiro atoms. The van der Waals surface area contributed by atoms with E-state index in [1.54, 1.807) is 12.0 Å². The molecule has 2 aliphatic heterocycles. The molecule has 0 bridgehead atoms. The van der Waals surface area contributed by atoms with Crippen molar-refractivity contribution in [1.29, 1.82) is 5.41 Å². The minimum Gasteiger partial charge on any atom is -0.497 e. The highest BCUT2D eigenvalue weighted by Gasteiger charge is 2.57. The molecule has 2 amide bonds. The number of nitrogens with two attached hydrogens (primary N) is 1. The zero-order valence-electron chi connectivity index (χ0n) is 19.7. The van der Waals surface area contributed by atoms with Crippen molar-refractivity contribution in [2.75, 3.05) is 49.8 Å². The summed E-state index contributed by atoms with van der Waals surface area (Å²) < 4.78 is 10.5. The highest BCUT2D eigenvalue weighted by molar-refractivity contribution is 6.42. The van der Waals surface area contributed by atoms with E-state index in [0.717, 1.165) is 41.4 Å². The minimum absolute atomic E-state index is 0.0411. The molecule has 1 unspecified atom stereocenters. The van der Waals surface area contributed by atoms with E-state index in [0.29, 0.717) is 26.2 Å². The smallest absolute Gasteiger partial charge is 0.263 e. The normalized spacial score (nSPS) is 22.4. The summed E-state index contributed by atoms with van der Waals surface area (Å²) in [5.74, 6) is -0.404. The number of ether oxygens (including phenoxy) is 2. The Morgan fingerprint density at radius 2 is 1.83 bits per heavy atom. The Morgan fingerprint density at radius 1 is 1.14 bits per heavy atom. The van der Waals surface area contributed by atoms with Gasteiger partial charge >= 0.3 is 0 Å². The Bertz CT molecular complexity index is 1170. The third kappa shape index (κ3) is 4.51. The molecule has 9 heteroatoms. The van der Waals surface area contributed by atoms with Crippen LogP contribution in [0.3, 0.4) is 0 Å². The van der Waals surface area contributed by atoms with Crippen LogP contribution in [0.2, 0.25) is 0 Å². The van der Waals surface area contributed by atoms with Gasteiger partial charge in [-0.15, -0.1) is 0 Å². The molecule has 9 nitrogen and oxygen atoms in total. The average molecular weight is 476 g/mol. The molecule has 3 aliphatic rings. The number of carbonyl (C=O) groups excluding carboxylic acids is 2. The van der Waals surface area contributed by atoms with Gasteiger partial charge in [0.15, 0.2) is 0 Å². The number of hydrogen-bond acceptors (Lipinski definition) is 7. The van der Waals surface area contributed by atoms with E-state index in [1.807, 2.05) is 48.5 Å². The standard InChI is InChI=1S/C26H29N5O4/c1-34-20-8-2-17(3-9-20)29-21-14-30(16-26(10-11-26)23(21)24(27)25(28)33)18-4-6-19(7-5-18)31-12-13-35-15-22(31)32/h2-9,23,27H,10-16H2,1H3,(H2,28,33). The van der Waals surface area contributed by atoms with Crippen molar-refractivity contribution in [2.45, 2.75) is 12.8 Å². The monoisotopic (exact) mass is 475 g/mol. The molecule has 35 heavy (non-hydrogen) atoms. The van der Waals surface area contributed by atoms with Crippen LogP contribution in [0.4, 0.5) is 17.1 Å². The fourth-order valence-corrected chi connectivity index (χ4v) is 5.13. The first kappa shape index (κ1) is 23.0. The van der Waals surface area contributed by atoms with Gasteiger partial charge in [0, 0.05) is 35.6 Å². The Hall–Kier alpha value is -3.72. The minimum atomic E-state index is -0.698. The average Bonchev–Trinajstić information content (AvgIpc) is 3.63. The number of morpholine rings is 1. The topological polar surface area (TPSA) is 121 Å². The molecule has 2 heterocycles. The molecular formula is C26H29N5O4. The number of carbonyl (C=O) groups is 2.